The van der Waals surface area contributed by atoms with Crippen LogP contribution < -0.4 is 10.3 Å². The normalized spacial score (nSPS) is 11.4. The minimum Gasteiger partial charge on any atom is -0.311 e. The summed E-state index contributed by atoms with van der Waals surface area (Å²) in [6.45, 7) is 0. The highest BCUT2D eigenvalue weighted by Gasteiger charge is 2.16. The van der Waals surface area contributed by atoms with Gasteiger partial charge in [-0.25, -0.2) is 8.42 Å². The van der Waals surface area contributed by atoms with Crippen LogP contribution in [0.25, 0.3) is 0 Å². The van der Waals surface area contributed by atoms with Crippen molar-refractivity contribution >= 4 is 38.8 Å². The largest absolute Gasteiger partial charge is 0.311 e. The second-order valence-corrected chi connectivity index (χ2v) is 10.3. The Bertz CT molecular complexity index is 1530. The molecule has 5 rings (SSSR count). The molecule has 6 heteroatoms. The van der Waals surface area contributed by atoms with Crippen LogP contribution in [-0.2, 0) is 9.84 Å². The molecule has 0 bridgehead atoms. The van der Waals surface area contributed by atoms with Crippen molar-refractivity contribution in [2.75, 3.05) is 10.3 Å². The number of benzene rings is 5. The lowest BCUT2D eigenvalue weighted by molar-refractivity contribution is 0.596. The van der Waals surface area contributed by atoms with Crippen molar-refractivity contribution < 1.29 is 8.42 Å². The van der Waals surface area contributed by atoms with Crippen molar-refractivity contribution in [2.45, 2.75) is 9.79 Å². The van der Waals surface area contributed by atoms with Gasteiger partial charge in [0.2, 0.25) is 9.84 Å². The zero-order valence-corrected chi connectivity index (χ0v) is 20.8. The van der Waals surface area contributed by atoms with E-state index in [1.807, 2.05) is 48.5 Å². The van der Waals surface area contributed by atoms with Gasteiger partial charge in [0.1, 0.15) is 0 Å². The fourth-order valence-electron chi connectivity index (χ4n) is 3.94. The molecule has 37 heavy (non-hydrogen) atoms. The molecule has 5 aromatic rings. The molecule has 0 aromatic heterocycles. The van der Waals surface area contributed by atoms with Crippen LogP contribution in [-0.4, -0.2) is 14.6 Å². The summed E-state index contributed by atoms with van der Waals surface area (Å²) >= 11 is 0. The van der Waals surface area contributed by atoms with Crippen LogP contribution in [0, 0.1) is 0 Å². The van der Waals surface area contributed by atoms with E-state index in [9.17, 15) is 8.42 Å². The maximum absolute atomic E-state index is 12.7. The summed E-state index contributed by atoms with van der Waals surface area (Å²) in [6.07, 6.45) is 1.73. The average molecular weight is 504 g/mol. The first-order chi connectivity index (χ1) is 18.1. The zero-order chi connectivity index (χ0) is 25.5. The van der Waals surface area contributed by atoms with E-state index in [0.717, 1.165) is 22.6 Å². The average Bonchev–Trinajstić information content (AvgIpc) is 2.96. The third-order valence-corrected chi connectivity index (χ3v) is 7.59. The molecule has 0 aliphatic heterocycles. The lowest BCUT2D eigenvalue weighted by Gasteiger charge is -2.25. The number of rotatable bonds is 8. The molecular weight excluding hydrogens is 478 g/mol. The molecule has 0 unspecified atom stereocenters. The van der Waals surface area contributed by atoms with Gasteiger partial charge in [-0.15, -0.1) is 0 Å². The van der Waals surface area contributed by atoms with Crippen LogP contribution in [0.1, 0.15) is 5.56 Å². The van der Waals surface area contributed by atoms with E-state index in [4.69, 9.17) is 0 Å². The van der Waals surface area contributed by atoms with Crippen LogP contribution in [0.4, 0.5) is 22.7 Å². The van der Waals surface area contributed by atoms with Gasteiger partial charge in [0.05, 0.1) is 21.7 Å². The highest BCUT2D eigenvalue weighted by Crippen LogP contribution is 2.34. The Hall–Kier alpha value is -4.68. The van der Waals surface area contributed by atoms with E-state index in [1.54, 1.807) is 60.8 Å². The second-order valence-electron chi connectivity index (χ2n) is 8.31. The number of sulfone groups is 1. The van der Waals surface area contributed by atoms with E-state index in [0.29, 0.717) is 5.69 Å². The van der Waals surface area contributed by atoms with Gasteiger partial charge in [-0.1, -0.05) is 66.7 Å². The molecule has 5 aromatic carbocycles. The van der Waals surface area contributed by atoms with E-state index in [1.165, 1.54) is 0 Å². The summed E-state index contributed by atoms with van der Waals surface area (Å²) in [7, 11) is -3.54. The summed E-state index contributed by atoms with van der Waals surface area (Å²) in [5.74, 6) is 0. The molecule has 1 N–H and O–H groups in total. The van der Waals surface area contributed by atoms with Gasteiger partial charge in [-0.05, 0) is 78.4 Å². The number of nitrogens with one attached hydrogen (secondary N) is 1. The quantitative estimate of drug-likeness (QED) is 0.177. The van der Waals surface area contributed by atoms with Crippen molar-refractivity contribution in [3.8, 4) is 0 Å². The van der Waals surface area contributed by atoms with Crippen molar-refractivity contribution in [3.05, 3.63) is 145 Å². The van der Waals surface area contributed by atoms with E-state index < -0.39 is 9.84 Å². The number of hydrazone groups is 1. The molecule has 0 spiro atoms. The van der Waals surface area contributed by atoms with Crippen molar-refractivity contribution in [3.63, 3.8) is 0 Å². The predicted octanol–water partition coefficient (Wildman–Crippen LogP) is 7.44. The monoisotopic (exact) mass is 503 g/mol. The van der Waals surface area contributed by atoms with Crippen molar-refractivity contribution in [1.82, 2.24) is 0 Å². The summed E-state index contributed by atoms with van der Waals surface area (Å²) in [4.78, 5) is 2.71. The lowest BCUT2D eigenvalue weighted by atomic mass is 10.1. The molecular formula is C31H25N3O2S. The molecule has 0 heterocycles. The van der Waals surface area contributed by atoms with Crippen LogP contribution in [0.2, 0.25) is 0 Å². The number of anilines is 4. The number of para-hydroxylation sites is 2. The smallest absolute Gasteiger partial charge is 0.206 e. The molecule has 0 fully saturated rings. The topological polar surface area (TPSA) is 61.8 Å². The minimum absolute atomic E-state index is 0.241. The molecule has 0 aliphatic rings. The summed E-state index contributed by atoms with van der Waals surface area (Å²) in [5.41, 5.74) is 7.79. The van der Waals surface area contributed by atoms with E-state index in [2.05, 4.69) is 51.8 Å². The van der Waals surface area contributed by atoms with Crippen molar-refractivity contribution in [2.24, 2.45) is 5.10 Å². The number of nitrogens with zero attached hydrogens (tertiary/aromatic N) is 2. The van der Waals surface area contributed by atoms with Crippen LogP contribution in [0.15, 0.2) is 154 Å². The van der Waals surface area contributed by atoms with Crippen LogP contribution in [0.5, 0.6) is 0 Å². The molecule has 0 radical (unpaired) electrons. The standard InChI is InChI=1S/C31H25N3O2S/c35-37(36,30-14-8-3-9-15-30)31-22-18-26(19-23-31)33-32-24-25-16-20-29(21-17-25)34(27-10-4-1-5-11-27)28-12-6-2-7-13-28/h1-24,33H/b32-24+. The Morgan fingerprint density at radius 3 is 1.54 bits per heavy atom. The highest BCUT2D eigenvalue weighted by atomic mass is 32.2. The first kappa shape index (κ1) is 24.0. The third kappa shape index (κ3) is 5.60. The molecule has 5 nitrogen and oxygen atoms in total. The second kappa shape index (κ2) is 10.9. The van der Waals surface area contributed by atoms with Gasteiger partial charge in [0.25, 0.3) is 0 Å². The molecule has 0 aliphatic carbocycles. The first-order valence-electron chi connectivity index (χ1n) is 11.8. The highest BCUT2D eigenvalue weighted by molar-refractivity contribution is 7.91. The summed E-state index contributed by atoms with van der Waals surface area (Å²) < 4.78 is 25.5. The predicted molar refractivity (Wildman–Crippen MR) is 151 cm³/mol. The van der Waals surface area contributed by atoms with Gasteiger partial charge < -0.3 is 4.90 Å². The van der Waals surface area contributed by atoms with Gasteiger partial charge in [-0.3, -0.25) is 5.43 Å². The molecule has 0 saturated heterocycles. The summed E-state index contributed by atoms with van der Waals surface area (Å²) in [6, 6.07) is 43.6. The molecule has 0 amide bonds. The van der Waals surface area contributed by atoms with E-state index in [-0.39, 0.29) is 9.79 Å². The Morgan fingerprint density at radius 1 is 0.541 bits per heavy atom. The van der Waals surface area contributed by atoms with Crippen LogP contribution in [0.3, 0.4) is 0 Å². The Kier molecular flexibility index (Phi) is 7.10. The fraction of sp³-hybridized carbons (Fsp3) is 0. The molecule has 0 atom stereocenters. The van der Waals surface area contributed by atoms with Gasteiger partial charge in [-0.2, -0.15) is 5.10 Å². The number of hydrogen-bond donors (Lipinski definition) is 1. The molecule has 0 saturated carbocycles. The SMILES string of the molecule is O=S(=O)(c1ccccc1)c1ccc(N/N=C/c2ccc(N(c3ccccc3)c3ccccc3)cc2)cc1. The van der Waals surface area contributed by atoms with Gasteiger partial charge >= 0.3 is 0 Å². The fourth-order valence-corrected chi connectivity index (χ4v) is 5.22. The van der Waals surface area contributed by atoms with E-state index >= 15 is 0 Å². The maximum Gasteiger partial charge on any atom is 0.206 e. The van der Waals surface area contributed by atoms with Crippen LogP contribution >= 0.6 is 0 Å². The van der Waals surface area contributed by atoms with Gasteiger partial charge in [0, 0.05) is 17.1 Å². The first-order valence-corrected chi connectivity index (χ1v) is 13.3. The minimum atomic E-state index is -3.54. The zero-order valence-electron chi connectivity index (χ0n) is 20.0. The maximum atomic E-state index is 12.7. The lowest BCUT2D eigenvalue weighted by Crippen LogP contribution is -2.09. The third-order valence-electron chi connectivity index (χ3n) is 5.81. The number of hydrogen-bond acceptors (Lipinski definition) is 5. The Balaban J connectivity index is 1.28. The molecule has 182 valence electrons. The van der Waals surface area contributed by atoms with Gasteiger partial charge in [0.15, 0.2) is 0 Å². The van der Waals surface area contributed by atoms with Crippen molar-refractivity contribution in [1.29, 1.82) is 0 Å². The summed E-state index contributed by atoms with van der Waals surface area (Å²) in [5, 5.41) is 4.31. The Morgan fingerprint density at radius 2 is 1.00 bits per heavy atom. The Labute approximate surface area is 217 Å².